The van der Waals surface area contributed by atoms with Crippen molar-refractivity contribution >= 4 is 0 Å². The fraction of sp³-hybridized carbons (Fsp3) is 0.647. The Morgan fingerprint density at radius 1 is 1.35 bits per heavy atom. The van der Waals surface area contributed by atoms with Crippen LogP contribution in [0.25, 0.3) is 0 Å². The van der Waals surface area contributed by atoms with Crippen molar-refractivity contribution in [1.82, 2.24) is 10.2 Å². The Hall–Kier alpha value is -0.900. The van der Waals surface area contributed by atoms with Crippen molar-refractivity contribution in [3.63, 3.8) is 0 Å². The molecule has 1 fully saturated rings. The molecule has 0 aromatic heterocycles. The van der Waals surface area contributed by atoms with Gasteiger partial charge < -0.3 is 10.4 Å². The van der Waals surface area contributed by atoms with Gasteiger partial charge in [-0.15, -0.1) is 0 Å². The maximum Gasteiger partial charge on any atom is 0.0994 e. The molecular formula is C17H28N2O. The van der Waals surface area contributed by atoms with Crippen LogP contribution in [0.3, 0.4) is 0 Å². The van der Waals surface area contributed by atoms with E-state index in [1.54, 1.807) is 0 Å². The molecule has 1 saturated heterocycles. The number of hydrogen-bond acceptors (Lipinski definition) is 3. The number of nitrogens with zero attached hydrogens (tertiary/aromatic N) is 1. The fourth-order valence-electron chi connectivity index (χ4n) is 2.94. The van der Waals surface area contributed by atoms with Crippen molar-refractivity contribution in [2.45, 2.75) is 51.3 Å². The van der Waals surface area contributed by atoms with Crippen LogP contribution in [-0.4, -0.2) is 41.7 Å². The Morgan fingerprint density at radius 2 is 2.05 bits per heavy atom. The molecule has 1 aromatic carbocycles. The van der Waals surface area contributed by atoms with E-state index in [-0.39, 0.29) is 0 Å². The highest BCUT2D eigenvalue weighted by atomic mass is 16.3. The zero-order chi connectivity index (χ0) is 14.6. The summed E-state index contributed by atoms with van der Waals surface area (Å²) in [5.41, 5.74) is 0.189. The smallest absolute Gasteiger partial charge is 0.0994 e. The third-order valence-corrected chi connectivity index (χ3v) is 4.25. The van der Waals surface area contributed by atoms with Gasteiger partial charge in [-0.3, -0.25) is 4.90 Å². The summed E-state index contributed by atoms with van der Waals surface area (Å²) in [6, 6.07) is 11.0. The van der Waals surface area contributed by atoms with Crippen molar-refractivity contribution in [3.8, 4) is 0 Å². The molecule has 2 rings (SSSR count). The summed E-state index contributed by atoms with van der Waals surface area (Å²) < 4.78 is 0. The quantitative estimate of drug-likeness (QED) is 0.837. The summed E-state index contributed by atoms with van der Waals surface area (Å²) in [6.45, 7) is 9.14. The van der Waals surface area contributed by atoms with Gasteiger partial charge in [0.25, 0.3) is 0 Å². The summed E-state index contributed by atoms with van der Waals surface area (Å²) >= 11 is 0. The topological polar surface area (TPSA) is 35.5 Å². The number of nitrogens with one attached hydrogen (secondary N) is 1. The van der Waals surface area contributed by atoms with E-state index < -0.39 is 5.60 Å². The zero-order valence-corrected chi connectivity index (χ0v) is 13.0. The lowest BCUT2D eigenvalue weighted by atomic mass is 9.94. The van der Waals surface area contributed by atoms with Gasteiger partial charge in [0, 0.05) is 25.2 Å². The largest absolute Gasteiger partial charge is 0.384 e. The van der Waals surface area contributed by atoms with Gasteiger partial charge >= 0.3 is 0 Å². The SMILES string of the molecule is CC(C)N(CC1CCCN1)CC(C)(O)c1ccccc1. The Bertz CT molecular complexity index is 397. The lowest BCUT2D eigenvalue weighted by molar-refractivity contribution is 0.00391. The van der Waals surface area contributed by atoms with Crippen molar-refractivity contribution in [2.24, 2.45) is 0 Å². The Kier molecular flexibility index (Phi) is 5.19. The van der Waals surface area contributed by atoms with Crippen LogP contribution in [0.4, 0.5) is 0 Å². The Labute approximate surface area is 123 Å². The van der Waals surface area contributed by atoms with E-state index >= 15 is 0 Å². The monoisotopic (exact) mass is 276 g/mol. The maximum atomic E-state index is 10.8. The van der Waals surface area contributed by atoms with Crippen LogP contribution < -0.4 is 5.32 Å². The molecule has 112 valence electrons. The molecule has 0 amide bonds. The fourth-order valence-corrected chi connectivity index (χ4v) is 2.94. The van der Waals surface area contributed by atoms with Gasteiger partial charge in [-0.2, -0.15) is 0 Å². The van der Waals surface area contributed by atoms with E-state index in [4.69, 9.17) is 0 Å². The van der Waals surface area contributed by atoms with Gasteiger partial charge in [0.2, 0.25) is 0 Å². The first-order valence-corrected chi connectivity index (χ1v) is 7.74. The summed E-state index contributed by atoms with van der Waals surface area (Å²) in [7, 11) is 0. The van der Waals surface area contributed by atoms with Gasteiger partial charge in [-0.25, -0.2) is 0 Å². The number of rotatable bonds is 6. The molecule has 3 nitrogen and oxygen atoms in total. The lowest BCUT2D eigenvalue weighted by Gasteiger charge is -2.36. The minimum Gasteiger partial charge on any atom is -0.384 e. The second-order valence-electron chi connectivity index (χ2n) is 6.46. The first-order chi connectivity index (χ1) is 9.49. The third-order valence-electron chi connectivity index (χ3n) is 4.25. The first-order valence-electron chi connectivity index (χ1n) is 7.74. The third kappa shape index (κ3) is 4.05. The molecule has 1 heterocycles. The number of hydrogen-bond donors (Lipinski definition) is 2. The molecule has 20 heavy (non-hydrogen) atoms. The Balaban J connectivity index is 2.03. The van der Waals surface area contributed by atoms with E-state index in [0.717, 1.165) is 18.7 Å². The lowest BCUT2D eigenvalue weighted by Crippen LogP contribution is -2.47. The molecule has 0 bridgehead atoms. The van der Waals surface area contributed by atoms with Gasteiger partial charge in [-0.05, 0) is 45.7 Å². The zero-order valence-electron chi connectivity index (χ0n) is 13.0. The van der Waals surface area contributed by atoms with Crippen LogP contribution in [0.2, 0.25) is 0 Å². The summed E-state index contributed by atoms with van der Waals surface area (Å²) in [5, 5.41) is 14.4. The number of benzene rings is 1. The molecule has 0 aliphatic carbocycles. The minimum absolute atomic E-state index is 0.438. The number of aliphatic hydroxyl groups is 1. The van der Waals surface area contributed by atoms with Gasteiger partial charge in [-0.1, -0.05) is 30.3 Å². The van der Waals surface area contributed by atoms with Crippen molar-refractivity contribution in [1.29, 1.82) is 0 Å². The van der Waals surface area contributed by atoms with Gasteiger partial charge in [0.15, 0.2) is 0 Å². The normalized spacial score (nSPS) is 22.4. The second-order valence-corrected chi connectivity index (χ2v) is 6.46. The molecule has 3 heteroatoms. The standard InChI is InChI=1S/C17H28N2O/c1-14(2)19(12-16-10-7-11-18-16)13-17(3,20)15-8-5-4-6-9-15/h4-6,8-9,14,16,18,20H,7,10-13H2,1-3H3. The average molecular weight is 276 g/mol. The summed E-state index contributed by atoms with van der Waals surface area (Å²) in [6.07, 6.45) is 2.52. The van der Waals surface area contributed by atoms with Crippen molar-refractivity contribution in [3.05, 3.63) is 35.9 Å². The van der Waals surface area contributed by atoms with E-state index in [1.165, 1.54) is 12.8 Å². The first kappa shape index (κ1) is 15.5. The molecule has 0 spiro atoms. The minimum atomic E-state index is -0.801. The van der Waals surface area contributed by atoms with Crippen LogP contribution >= 0.6 is 0 Å². The predicted octanol–water partition coefficient (Wildman–Crippen LogP) is 2.36. The highest BCUT2D eigenvalue weighted by molar-refractivity contribution is 5.21. The molecular weight excluding hydrogens is 248 g/mol. The molecule has 1 aliphatic rings. The van der Waals surface area contributed by atoms with E-state index in [1.807, 2.05) is 37.3 Å². The van der Waals surface area contributed by atoms with Crippen molar-refractivity contribution < 1.29 is 5.11 Å². The molecule has 2 unspecified atom stereocenters. The van der Waals surface area contributed by atoms with Gasteiger partial charge in [0.05, 0.1) is 5.60 Å². The molecule has 0 radical (unpaired) electrons. The van der Waals surface area contributed by atoms with Crippen LogP contribution in [-0.2, 0) is 5.60 Å². The van der Waals surface area contributed by atoms with E-state index in [2.05, 4.69) is 24.1 Å². The van der Waals surface area contributed by atoms with Crippen molar-refractivity contribution in [2.75, 3.05) is 19.6 Å². The van der Waals surface area contributed by atoms with Crippen LogP contribution in [0.15, 0.2) is 30.3 Å². The highest BCUT2D eigenvalue weighted by Gasteiger charge is 2.29. The Morgan fingerprint density at radius 3 is 2.60 bits per heavy atom. The summed E-state index contributed by atoms with van der Waals surface area (Å²) in [4.78, 5) is 2.38. The molecule has 1 aromatic rings. The summed E-state index contributed by atoms with van der Waals surface area (Å²) in [5.74, 6) is 0. The molecule has 0 saturated carbocycles. The molecule has 2 atom stereocenters. The van der Waals surface area contributed by atoms with E-state index in [0.29, 0.717) is 18.6 Å². The molecule has 2 N–H and O–H groups in total. The average Bonchev–Trinajstić information content (AvgIpc) is 2.91. The second kappa shape index (κ2) is 6.70. The van der Waals surface area contributed by atoms with E-state index in [9.17, 15) is 5.11 Å². The predicted molar refractivity (Wildman–Crippen MR) is 83.7 cm³/mol. The van der Waals surface area contributed by atoms with Crippen LogP contribution in [0.1, 0.15) is 39.2 Å². The van der Waals surface area contributed by atoms with Gasteiger partial charge in [0.1, 0.15) is 0 Å². The highest BCUT2D eigenvalue weighted by Crippen LogP contribution is 2.23. The maximum absolute atomic E-state index is 10.8. The van der Waals surface area contributed by atoms with Crippen LogP contribution in [0, 0.1) is 0 Å². The van der Waals surface area contributed by atoms with Crippen LogP contribution in [0.5, 0.6) is 0 Å². The molecule has 1 aliphatic heterocycles.